The van der Waals surface area contributed by atoms with Gasteiger partial charge in [-0.25, -0.2) is 4.79 Å². The second-order valence-corrected chi connectivity index (χ2v) is 4.98. The molecule has 1 rings (SSSR count). The van der Waals surface area contributed by atoms with Gasteiger partial charge in [-0.1, -0.05) is 30.1 Å². The molecule has 1 aromatic carbocycles. The second-order valence-electron chi connectivity index (χ2n) is 4.11. The zero-order valence-corrected chi connectivity index (χ0v) is 12.2. The molecule has 6 heteroatoms. The van der Waals surface area contributed by atoms with Crippen molar-refractivity contribution >= 4 is 35.1 Å². The number of nitrogens with one attached hydrogen (secondary N) is 1. The fourth-order valence-electron chi connectivity index (χ4n) is 1.30. The average molecular weight is 304 g/mol. The predicted molar refractivity (Wildman–Crippen MR) is 74.6 cm³/mol. The van der Waals surface area contributed by atoms with Gasteiger partial charge in [-0.05, 0) is 31.5 Å². The van der Waals surface area contributed by atoms with Crippen LogP contribution < -0.4 is 5.32 Å². The van der Waals surface area contributed by atoms with E-state index in [2.05, 4.69) is 5.32 Å². The molecular weight excluding hydrogens is 289 g/mol. The largest absolute Gasteiger partial charge is 0.452 e. The van der Waals surface area contributed by atoms with E-state index >= 15 is 0 Å². The van der Waals surface area contributed by atoms with Gasteiger partial charge in [-0.2, -0.15) is 0 Å². The van der Waals surface area contributed by atoms with Gasteiger partial charge in [0.2, 0.25) is 0 Å². The van der Waals surface area contributed by atoms with Crippen molar-refractivity contribution in [2.75, 3.05) is 6.61 Å². The van der Waals surface area contributed by atoms with E-state index in [0.717, 1.165) is 6.42 Å². The van der Waals surface area contributed by atoms with Crippen molar-refractivity contribution in [1.29, 1.82) is 0 Å². The van der Waals surface area contributed by atoms with Gasteiger partial charge in [0.1, 0.15) is 0 Å². The summed E-state index contributed by atoms with van der Waals surface area (Å²) in [5.41, 5.74) is 0.217. The van der Waals surface area contributed by atoms with Crippen molar-refractivity contribution in [2.45, 2.75) is 26.3 Å². The van der Waals surface area contributed by atoms with Gasteiger partial charge >= 0.3 is 5.97 Å². The van der Waals surface area contributed by atoms with Gasteiger partial charge in [0, 0.05) is 16.1 Å². The van der Waals surface area contributed by atoms with Gasteiger partial charge in [-0.3, -0.25) is 4.79 Å². The van der Waals surface area contributed by atoms with E-state index in [-0.39, 0.29) is 24.1 Å². The summed E-state index contributed by atoms with van der Waals surface area (Å²) >= 11 is 11.5. The predicted octanol–water partition coefficient (Wildman–Crippen LogP) is 3.06. The van der Waals surface area contributed by atoms with Crippen LogP contribution >= 0.6 is 23.2 Å². The third kappa shape index (κ3) is 5.49. The lowest BCUT2D eigenvalue weighted by atomic mass is 10.2. The SMILES string of the molecule is CCC(C)NC(=O)COC(=O)c1cc(Cl)cc(Cl)c1. The summed E-state index contributed by atoms with van der Waals surface area (Å²) in [6, 6.07) is 4.42. The Hall–Kier alpha value is -1.26. The van der Waals surface area contributed by atoms with Crippen LogP contribution in [-0.2, 0) is 9.53 Å². The van der Waals surface area contributed by atoms with Crippen molar-refractivity contribution in [1.82, 2.24) is 5.32 Å². The maximum atomic E-state index is 11.7. The zero-order valence-electron chi connectivity index (χ0n) is 10.7. The lowest BCUT2D eigenvalue weighted by molar-refractivity contribution is -0.124. The average Bonchev–Trinajstić information content (AvgIpc) is 2.34. The highest BCUT2D eigenvalue weighted by molar-refractivity contribution is 6.35. The van der Waals surface area contributed by atoms with Gasteiger partial charge in [-0.15, -0.1) is 0 Å². The molecule has 1 unspecified atom stereocenters. The number of amides is 1. The molecule has 0 radical (unpaired) electrons. The quantitative estimate of drug-likeness (QED) is 0.851. The minimum atomic E-state index is -0.635. The van der Waals surface area contributed by atoms with Crippen molar-refractivity contribution in [3.8, 4) is 0 Å². The number of ether oxygens (including phenoxy) is 1. The molecule has 1 amide bonds. The van der Waals surface area contributed by atoms with Crippen molar-refractivity contribution < 1.29 is 14.3 Å². The molecule has 0 aromatic heterocycles. The van der Waals surface area contributed by atoms with Gasteiger partial charge < -0.3 is 10.1 Å². The Kier molecular flexibility index (Phi) is 6.12. The molecule has 0 heterocycles. The summed E-state index contributed by atoms with van der Waals surface area (Å²) in [4.78, 5) is 23.1. The van der Waals surface area contributed by atoms with Crippen LogP contribution in [0.15, 0.2) is 18.2 Å². The Morgan fingerprint density at radius 2 is 1.84 bits per heavy atom. The molecule has 0 saturated heterocycles. The van der Waals surface area contributed by atoms with E-state index in [1.165, 1.54) is 18.2 Å². The van der Waals surface area contributed by atoms with Gasteiger partial charge in [0.15, 0.2) is 6.61 Å². The maximum absolute atomic E-state index is 11.7. The Morgan fingerprint density at radius 1 is 1.26 bits per heavy atom. The Bertz CT molecular complexity index is 457. The highest BCUT2D eigenvalue weighted by Gasteiger charge is 2.12. The first-order valence-corrected chi connectivity index (χ1v) is 6.60. The van der Waals surface area contributed by atoms with Crippen LogP contribution in [0.1, 0.15) is 30.6 Å². The summed E-state index contributed by atoms with van der Waals surface area (Å²) in [6.45, 7) is 3.49. The second kappa shape index (κ2) is 7.36. The third-order valence-electron chi connectivity index (χ3n) is 2.45. The molecule has 0 aliphatic heterocycles. The van der Waals surface area contributed by atoms with Gasteiger partial charge in [0.25, 0.3) is 5.91 Å². The first-order chi connectivity index (χ1) is 8.92. The Labute approximate surface area is 122 Å². The van der Waals surface area contributed by atoms with Crippen molar-refractivity contribution in [3.63, 3.8) is 0 Å². The topological polar surface area (TPSA) is 55.4 Å². The van der Waals surface area contributed by atoms with E-state index in [1.54, 1.807) is 0 Å². The lowest BCUT2D eigenvalue weighted by Crippen LogP contribution is -2.35. The van der Waals surface area contributed by atoms with Crippen LogP contribution in [0.25, 0.3) is 0 Å². The summed E-state index contributed by atoms with van der Waals surface area (Å²) in [5, 5.41) is 3.36. The van der Waals surface area contributed by atoms with Crippen LogP contribution in [0.4, 0.5) is 0 Å². The standard InChI is InChI=1S/C13H15Cl2NO3/c1-3-8(2)16-12(17)7-19-13(18)9-4-10(14)6-11(15)5-9/h4-6,8H,3,7H2,1-2H3,(H,16,17). The van der Waals surface area contributed by atoms with Crippen LogP contribution in [-0.4, -0.2) is 24.5 Å². The fraction of sp³-hybridized carbons (Fsp3) is 0.385. The molecule has 1 atom stereocenters. The number of hydrogen-bond acceptors (Lipinski definition) is 3. The molecule has 1 N–H and O–H groups in total. The molecule has 0 spiro atoms. The number of carbonyl (C=O) groups is 2. The van der Waals surface area contributed by atoms with Crippen LogP contribution in [0.5, 0.6) is 0 Å². The number of rotatable bonds is 5. The van der Waals surface area contributed by atoms with E-state index in [4.69, 9.17) is 27.9 Å². The summed E-state index contributed by atoms with van der Waals surface area (Å²) in [5.74, 6) is -0.973. The van der Waals surface area contributed by atoms with Crippen LogP contribution in [0, 0.1) is 0 Å². The first kappa shape index (κ1) is 15.8. The number of carbonyl (C=O) groups excluding carboxylic acids is 2. The van der Waals surface area contributed by atoms with E-state index in [1.807, 2.05) is 13.8 Å². The molecule has 4 nitrogen and oxygen atoms in total. The monoisotopic (exact) mass is 303 g/mol. The van der Waals surface area contributed by atoms with E-state index in [9.17, 15) is 9.59 Å². The summed E-state index contributed by atoms with van der Waals surface area (Å²) < 4.78 is 4.88. The maximum Gasteiger partial charge on any atom is 0.338 e. The highest BCUT2D eigenvalue weighted by Crippen LogP contribution is 2.19. The molecule has 1 aromatic rings. The molecule has 104 valence electrons. The molecule has 0 saturated carbocycles. The van der Waals surface area contributed by atoms with E-state index in [0.29, 0.717) is 10.0 Å². The molecule has 0 bridgehead atoms. The Balaban J connectivity index is 2.53. The highest BCUT2D eigenvalue weighted by atomic mass is 35.5. The third-order valence-corrected chi connectivity index (χ3v) is 2.89. The first-order valence-electron chi connectivity index (χ1n) is 5.85. The molecule has 0 fully saturated rings. The molecule has 0 aliphatic carbocycles. The molecular formula is C13H15Cl2NO3. The fourth-order valence-corrected chi connectivity index (χ4v) is 1.83. The lowest BCUT2D eigenvalue weighted by Gasteiger charge is -2.11. The van der Waals surface area contributed by atoms with Gasteiger partial charge in [0.05, 0.1) is 5.56 Å². The van der Waals surface area contributed by atoms with E-state index < -0.39 is 5.97 Å². The normalized spacial score (nSPS) is 11.8. The number of hydrogen-bond donors (Lipinski definition) is 1. The smallest absolute Gasteiger partial charge is 0.338 e. The Morgan fingerprint density at radius 3 is 2.37 bits per heavy atom. The minimum Gasteiger partial charge on any atom is -0.452 e. The van der Waals surface area contributed by atoms with Crippen LogP contribution in [0.3, 0.4) is 0 Å². The van der Waals surface area contributed by atoms with Crippen LogP contribution in [0.2, 0.25) is 10.0 Å². The summed E-state index contributed by atoms with van der Waals surface area (Å²) in [7, 11) is 0. The molecule has 19 heavy (non-hydrogen) atoms. The number of esters is 1. The number of halogens is 2. The van der Waals surface area contributed by atoms with Crippen molar-refractivity contribution in [3.05, 3.63) is 33.8 Å². The number of benzene rings is 1. The zero-order chi connectivity index (χ0) is 14.4. The minimum absolute atomic E-state index is 0.0480. The summed E-state index contributed by atoms with van der Waals surface area (Å²) in [6.07, 6.45) is 0.809. The van der Waals surface area contributed by atoms with Crippen molar-refractivity contribution in [2.24, 2.45) is 0 Å². The molecule has 0 aliphatic rings.